The number of carbonyl (C=O) groups is 1. The van der Waals surface area contributed by atoms with Crippen LogP contribution in [0.1, 0.15) is 0 Å². The normalized spacial score (nSPS) is 20.4. The number of pyridine rings is 1. The van der Waals surface area contributed by atoms with Crippen LogP contribution in [0, 0.1) is 0 Å². The van der Waals surface area contributed by atoms with E-state index in [9.17, 15) is 4.79 Å². The van der Waals surface area contributed by atoms with E-state index < -0.39 is 0 Å². The van der Waals surface area contributed by atoms with Crippen LogP contribution < -0.4 is 10.6 Å². The fraction of sp³-hybridized carbons (Fsp3) is 0.400. The molecule has 16 heavy (non-hydrogen) atoms. The number of nitrogens with zero attached hydrogens (tertiary/aromatic N) is 1. The average Bonchev–Trinajstić information content (AvgIpc) is 2.33. The fourth-order valence-corrected chi connectivity index (χ4v) is 2.58. The highest BCUT2D eigenvalue weighted by Crippen LogP contribution is 2.13. The van der Waals surface area contributed by atoms with Gasteiger partial charge in [0.05, 0.1) is 17.9 Å². The monoisotopic (exact) mass is 301 g/mol. The van der Waals surface area contributed by atoms with Crippen LogP contribution in [0.3, 0.4) is 0 Å². The highest BCUT2D eigenvalue weighted by molar-refractivity contribution is 9.10. The van der Waals surface area contributed by atoms with Gasteiger partial charge in [-0.2, -0.15) is 11.8 Å². The highest BCUT2D eigenvalue weighted by atomic mass is 79.9. The summed E-state index contributed by atoms with van der Waals surface area (Å²) in [6.45, 7) is 0.890. The number of aromatic nitrogens is 1. The Kier molecular flexibility index (Phi) is 4.20. The van der Waals surface area contributed by atoms with Crippen molar-refractivity contribution in [1.82, 2.24) is 10.3 Å². The molecule has 4 nitrogen and oxygen atoms in total. The summed E-state index contributed by atoms with van der Waals surface area (Å²) < 4.78 is 0.761. The van der Waals surface area contributed by atoms with E-state index in [0.29, 0.717) is 0 Å². The number of carbonyl (C=O) groups excluding carboxylic acids is 1. The lowest BCUT2D eigenvalue weighted by molar-refractivity contribution is -0.117. The number of anilines is 1. The Morgan fingerprint density at radius 1 is 1.62 bits per heavy atom. The summed E-state index contributed by atoms with van der Waals surface area (Å²) in [7, 11) is 0. The first kappa shape index (κ1) is 11.9. The second-order valence-corrected chi connectivity index (χ2v) is 5.40. The van der Waals surface area contributed by atoms with Crippen molar-refractivity contribution in [3.05, 3.63) is 22.9 Å². The van der Waals surface area contributed by atoms with E-state index in [0.717, 1.165) is 28.3 Å². The summed E-state index contributed by atoms with van der Waals surface area (Å²) in [6.07, 6.45) is 1.64. The molecule has 1 atom stereocenters. The molecule has 0 bridgehead atoms. The van der Waals surface area contributed by atoms with Crippen LogP contribution in [0.25, 0.3) is 0 Å². The van der Waals surface area contributed by atoms with E-state index in [1.54, 1.807) is 24.0 Å². The summed E-state index contributed by atoms with van der Waals surface area (Å²) in [5.41, 5.74) is 0.727. The zero-order valence-corrected chi connectivity index (χ0v) is 11.0. The first-order valence-corrected chi connectivity index (χ1v) is 6.94. The molecule has 1 aliphatic heterocycles. The van der Waals surface area contributed by atoms with Crippen molar-refractivity contribution in [1.29, 1.82) is 0 Å². The maximum Gasteiger partial charge on any atom is 0.242 e. The maximum atomic E-state index is 11.8. The minimum atomic E-state index is -0.0950. The lowest BCUT2D eigenvalue weighted by Gasteiger charge is -2.22. The topological polar surface area (TPSA) is 54.0 Å². The molecule has 1 aromatic heterocycles. The smallest absolute Gasteiger partial charge is 0.242 e. The zero-order chi connectivity index (χ0) is 11.4. The Labute approximate surface area is 107 Å². The van der Waals surface area contributed by atoms with Gasteiger partial charge in [-0.1, -0.05) is 0 Å². The molecule has 2 heterocycles. The Balaban J connectivity index is 1.93. The molecule has 86 valence electrons. The summed E-state index contributed by atoms with van der Waals surface area (Å²) in [5.74, 6) is 1.91. The molecule has 2 rings (SSSR count). The van der Waals surface area contributed by atoms with Crippen molar-refractivity contribution in [3.63, 3.8) is 0 Å². The number of nitrogens with one attached hydrogen (secondary N) is 2. The van der Waals surface area contributed by atoms with Gasteiger partial charge in [-0.25, -0.2) is 4.98 Å². The molecule has 0 aliphatic carbocycles. The molecule has 6 heteroatoms. The first-order chi connectivity index (χ1) is 7.75. The number of hydrogen-bond donors (Lipinski definition) is 2. The van der Waals surface area contributed by atoms with Gasteiger partial charge in [-0.3, -0.25) is 4.79 Å². The van der Waals surface area contributed by atoms with Crippen LogP contribution in [0.5, 0.6) is 0 Å². The molecule has 0 saturated carbocycles. The number of rotatable bonds is 2. The Morgan fingerprint density at radius 3 is 3.12 bits per heavy atom. The molecular formula is C10H12BrN3OS. The van der Waals surface area contributed by atoms with Crippen LogP contribution in [-0.2, 0) is 4.79 Å². The molecule has 1 fully saturated rings. The number of hydrogen-bond acceptors (Lipinski definition) is 4. The minimum Gasteiger partial charge on any atom is -0.323 e. The fourth-order valence-electron chi connectivity index (χ4n) is 1.41. The third-order valence-electron chi connectivity index (χ3n) is 2.23. The second-order valence-electron chi connectivity index (χ2n) is 3.44. The van der Waals surface area contributed by atoms with Gasteiger partial charge < -0.3 is 10.6 Å². The summed E-state index contributed by atoms with van der Waals surface area (Å²) >= 11 is 5.05. The van der Waals surface area contributed by atoms with Crippen molar-refractivity contribution in [2.75, 3.05) is 23.4 Å². The van der Waals surface area contributed by atoms with Gasteiger partial charge in [0.15, 0.2) is 0 Å². The molecule has 0 aromatic carbocycles. The Morgan fingerprint density at radius 2 is 2.50 bits per heavy atom. The molecule has 1 saturated heterocycles. The van der Waals surface area contributed by atoms with Gasteiger partial charge in [0.2, 0.25) is 5.91 Å². The third kappa shape index (κ3) is 3.20. The molecule has 1 amide bonds. The van der Waals surface area contributed by atoms with Crippen molar-refractivity contribution in [2.45, 2.75) is 6.04 Å². The third-order valence-corrected chi connectivity index (χ3v) is 3.76. The van der Waals surface area contributed by atoms with Crippen molar-refractivity contribution in [3.8, 4) is 0 Å². The lowest BCUT2D eigenvalue weighted by Crippen LogP contribution is -2.46. The second kappa shape index (κ2) is 5.65. The number of thioether (sulfide) groups is 1. The molecule has 2 N–H and O–H groups in total. The van der Waals surface area contributed by atoms with Gasteiger partial charge in [0.1, 0.15) is 4.60 Å². The SMILES string of the molecule is O=C(Nc1ccc(Br)nc1)C1CSCCN1. The van der Waals surface area contributed by atoms with Gasteiger partial charge >= 0.3 is 0 Å². The van der Waals surface area contributed by atoms with E-state index in [4.69, 9.17) is 0 Å². The standard InChI is InChI=1S/C10H12BrN3OS/c11-9-2-1-7(5-13-9)14-10(15)8-6-16-4-3-12-8/h1-2,5,8,12H,3-4,6H2,(H,14,15). The molecule has 1 unspecified atom stereocenters. The van der Waals surface area contributed by atoms with E-state index >= 15 is 0 Å². The molecule has 0 spiro atoms. The number of halogens is 1. The molecular weight excluding hydrogens is 290 g/mol. The van der Waals surface area contributed by atoms with E-state index in [2.05, 4.69) is 31.5 Å². The maximum absolute atomic E-state index is 11.8. The van der Waals surface area contributed by atoms with Gasteiger partial charge in [0.25, 0.3) is 0 Å². The predicted molar refractivity (Wildman–Crippen MR) is 69.7 cm³/mol. The van der Waals surface area contributed by atoms with Crippen LogP contribution in [0.15, 0.2) is 22.9 Å². The summed E-state index contributed by atoms with van der Waals surface area (Å²) in [4.78, 5) is 15.9. The van der Waals surface area contributed by atoms with Crippen molar-refractivity contribution in [2.24, 2.45) is 0 Å². The number of amides is 1. The van der Waals surface area contributed by atoms with Gasteiger partial charge in [-0.05, 0) is 28.1 Å². The minimum absolute atomic E-state index is 0.0105. The molecule has 0 radical (unpaired) electrons. The summed E-state index contributed by atoms with van der Waals surface area (Å²) in [6, 6.07) is 3.53. The first-order valence-electron chi connectivity index (χ1n) is 4.99. The van der Waals surface area contributed by atoms with Crippen LogP contribution in [0.2, 0.25) is 0 Å². The quantitative estimate of drug-likeness (QED) is 0.813. The highest BCUT2D eigenvalue weighted by Gasteiger charge is 2.20. The summed E-state index contributed by atoms with van der Waals surface area (Å²) in [5, 5.41) is 6.03. The van der Waals surface area contributed by atoms with Crippen LogP contribution in [-0.4, -0.2) is 35.0 Å². The largest absolute Gasteiger partial charge is 0.323 e. The van der Waals surface area contributed by atoms with E-state index in [-0.39, 0.29) is 11.9 Å². The zero-order valence-electron chi connectivity index (χ0n) is 8.57. The van der Waals surface area contributed by atoms with Gasteiger partial charge in [-0.15, -0.1) is 0 Å². The average molecular weight is 302 g/mol. The van der Waals surface area contributed by atoms with Crippen LogP contribution >= 0.6 is 27.7 Å². The molecule has 1 aliphatic rings. The predicted octanol–water partition coefficient (Wildman–Crippen LogP) is 1.49. The van der Waals surface area contributed by atoms with E-state index in [1.165, 1.54) is 0 Å². The van der Waals surface area contributed by atoms with E-state index in [1.807, 2.05) is 6.07 Å². The van der Waals surface area contributed by atoms with Crippen molar-refractivity contribution >= 4 is 39.3 Å². The Hall–Kier alpha value is -0.590. The van der Waals surface area contributed by atoms with Crippen LogP contribution in [0.4, 0.5) is 5.69 Å². The van der Waals surface area contributed by atoms with Crippen molar-refractivity contribution < 1.29 is 4.79 Å². The van der Waals surface area contributed by atoms with Gasteiger partial charge in [0, 0.05) is 18.1 Å². The Bertz CT molecular complexity index is 365. The molecule has 1 aromatic rings. The lowest BCUT2D eigenvalue weighted by atomic mass is 10.3.